The second-order valence-electron chi connectivity index (χ2n) is 5.37. The molecule has 28 heavy (non-hydrogen) atoms. The monoisotopic (exact) mass is 498 g/mol. The summed E-state index contributed by atoms with van der Waals surface area (Å²) in [5.41, 5.74) is 3.51. The van der Waals surface area contributed by atoms with Crippen molar-refractivity contribution in [3.63, 3.8) is 0 Å². The number of nitrogens with one attached hydrogen (secondary N) is 1. The maximum Gasteiger partial charge on any atom is 0.341 e. The topological polar surface area (TPSA) is 106 Å². The molecule has 0 saturated heterocycles. The minimum atomic E-state index is -1.08. The lowest BCUT2D eigenvalue weighted by molar-refractivity contribution is -0.139. The van der Waals surface area contributed by atoms with Crippen LogP contribution in [0.15, 0.2) is 41.5 Å². The lowest BCUT2D eigenvalue weighted by Crippen LogP contribution is -2.17. The highest BCUT2D eigenvalue weighted by atomic mass is 127. The average molecular weight is 498 g/mol. The molecule has 0 aliphatic rings. The van der Waals surface area contributed by atoms with Gasteiger partial charge in [-0.3, -0.25) is 4.79 Å². The molecule has 0 heterocycles. The molecule has 9 heteroatoms. The Morgan fingerprint density at radius 1 is 1.14 bits per heavy atom. The summed E-state index contributed by atoms with van der Waals surface area (Å²) in [4.78, 5) is 22.9. The molecule has 0 fully saturated rings. The molecule has 8 nitrogen and oxygen atoms in total. The normalized spacial score (nSPS) is 10.5. The summed E-state index contributed by atoms with van der Waals surface area (Å²) >= 11 is 2.12. The summed E-state index contributed by atoms with van der Waals surface area (Å²) < 4.78 is 16.7. The SMILES string of the molecule is CCOc1cc(/C=N\NC(=O)c2ccc(I)c(OC)c2)ccc1OCC(=O)O. The smallest absolute Gasteiger partial charge is 0.341 e. The number of aliphatic carboxylic acids is 1. The van der Waals surface area contributed by atoms with Crippen molar-refractivity contribution in [3.05, 3.63) is 51.1 Å². The second kappa shape index (κ2) is 10.5. The van der Waals surface area contributed by atoms with Gasteiger partial charge >= 0.3 is 5.97 Å². The minimum absolute atomic E-state index is 0.316. The molecular formula is C19H19IN2O6. The number of halogens is 1. The molecule has 1 amide bonds. The van der Waals surface area contributed by atoms with Crippen molar-refractivity contribution in [2.24, 2.45) is 5.10 Å². The first-order valence-electron chi connectivity index (χ1n) is 8.23. The van der Waals surface area contributed by atoms with E-state index in [2.05, 4.69) is 33.1 Å². The van der Waals surface area contributed by atoms with Gasteiger partial charge in [0, 0.05) is 5.56 Å². The summed E-state index contributed by atoms with van der Waals surface area (Å²) in [5.74, 6) is -0.145. The van der Waals surface area contributed by atoms with Crippen molar-refractivity contribution in [2.75, 3.05) is 20.3 Å². The lowest BCUT2D eigenvalue weighted by atomic mass is 10.2. The molecule has 0 atom stereocenters. The molecule has 2 aromatic carbocycles. The van der Waals surface area contributed by atoms with Crippen LogP contribution in [0.1, 0.15) is 22.8 Å². The molecule has 0 aromatic heterocycles. The average Bonchev–Trinajstić information content (AvgIpc) is 2.67. The van der Waals surface area contributed by atoms with Crippen LogP contribution < -0.4 is 19.6 Å². The zero-order chi connectivity index (χ0) is 20.5. The van der Waals surface area contributed by atoms with E-state index in [0.717, 1.165) is 3.57 Å². The summed E-state index contributed by atoms with van der Waals surface area (Å²) in [5, 5.41) is 12.7. The zero-order valence-corrected chi connectivity index (χ0v) is 17.4. The molecule has 0 aliphatic heterocycles. The lowest BCUT2D eigenvalue weighted by Gasteiger charge is -2.11. The summed E-state index contributed by atoms with van der Waals surface area (Å²) in [7, 11) is 1.54. The first-order valence-corrected chi connectivity index (χ1v) is 9.30. The molecule has 0 radical (unpaired) electrons. The molecule has 0 aliphatic carbocycles. The highest BCUT2D eigenvalue weighted by Crippen LogP contribution is 2.28. The number of carboxylic acids is 1. The second-order valence-corrected chi connectivity index (χ2v) is 6.53. The number of hydrazone groups is 1. The van der Waals surface area contributed by atoms with Crippen molar-refractivity contribution in [2.45, 2.75) is 6.92 Å². The van der Waals surface area contributed by atoms with Crippen molar-refractivity contribution >= 4 is 40.7 Å². The molecule has 2 N–H and O–H groups in total. The fraction of sp³-hybridized carbons (Fsp3) is 0.211. The molecule has 0 saturated carbocycles. The Morgan fingerprint density at radius 3 is 2.61 bits per heavy atom. The molecule has 0 spiro atoms. The highest BCUT2D eigenvalue weighted by molar-refractivity contribution is 14.1. The number of nitrogens with zero attached hydrogens (tertiary/aromatic N) is 1. The fourth-order valence-electron chi connectivity index (χ4n) is 2.16. The van der Waals surface area contributed by atoms with Crippen LogP contribution in [0.2, 0.25) is 0 Å². The van der Waals surface area contributed by atoms with Gasteiger partial charge in [0.25, 0.3) is 5.91 Å². The van der Waals surface area contributed by atoms with E-state index in [1.807, 2.05) is 0 Å². The maximum atomic E-state index is 12.2. The van der Waals surface area contributed by atoms with Gasteiger partial charge in [-0.2, -0.15) is 5.10 Å². The highest BCUT2D eigenvalue weighted by Gasteiger charge is 2.09. The number of hydrogen-bond donors (Lipinski definition) is 2. The summed E-state index contributed by atoms with van der Waals surface area (Å²) in [6, 6.07) is 9.99. The number of rotatable bonds is 9. The standard InChI is InChI=1S/C19H19IN2O6/c1-3-27-17-8-12(4-7-15(17)28-11-18(23)24)10-21-22-19(25)13-5-6-14(20)16(9-13)26-2/h4-10H,3,11H2,1-2H3,(H,22,25)(H,23,24)/b21-10-. The largest absolute Gasteiger partial charge is 0.496 e. The van der Waals surface area contributed by atoms with Gasteiger partial charge in [-0.1, -0.05) is 0 Å². The van der Waals surface area contributed by atoms with E-state index >= 15 is 0 Å². The van der Waals surface area contributed by atoms with E-state index in [9.17, 15) is 9.59 Å². The van der Waals surface area contributed by atoms with Crippen LogP contribution in [-0.4, -0.2) is 43.5 Å². The molecule has 0 unspecified atom stereocenters. The first-order chi connectivity index (χ1) is 13.4. The van der Waals surface area contributed by atoms with Crippen LogP contribution in [0.25, 0.3) is 0 Å². The van der Waals surface area contributed by atoms with Crippen molar-refractivity contribution in [1.82, 2.24) is 5.43 Å². The van der Waals surface area contributed by atoms with E-state index in [1.165, 1.54) is 13.3 Å². The van der Waals surface area contributed by atoms with Gasteiger partial charge in [0.1, 0.15) is 5.75 Å². The summed E-state index contributed by atoms with van der Waals surface area (Å²) in [6.45, 7) is 1.72. The molecule has 2 rings (SSSR count). The Hall–Kier alpha value is -2.82. The van der Waals surface area contributed by atoms with Crippen LogP contribution in [0.4, 0.5) is 0 Å². The Bertz CT molecular complexity index is 885. The molecular weight excluding hydrogens is 479 g/mol. The van der Waals surface area contributed by atoms with Gasteiger partial charge in [0.05, 0.1) is 23.5 Å². The van der Waals surface area contributed by atoms with Crippen LogP contribution in [0.5, 0.6) is 17.2 Å². The van der Waals surface area contributed by atoms with Gasteiger partial charge in [0.2, 0.25) is 0 Å². The van der Waals surface area contributed by atoms with Gasteiger partial charge in [0.15, 0.2) is 18.1 Å². The molecule has 2 aromatic rings. The fourth-order valence-corrected chi connectivity index (χ4v) is 2.72. The van der Waals surface area contributed by atoms with E-state index in [4.69, 9.17) is 19.3 Å². The van der Waals surface area contributed by atoms with Crippen LogP contribution >= 0.6 is 22.6 Å². The number of carbonyl (C=O) groups is 2. The van der Waals surface area contributed by atoms with Gasteiger partial charge < -0.3 is 19.3 Å². The maximum absolute atomic E-state index is 12.2. The minimum Gasteiger partial charge on any atom is -0.496 e. The van der Waals surface area contributed by atoms with E-state index in [-0.39, 0.29) is 5.91 Å². The predicted octanol–water partition coefficient (Wildman–Crippen LogP) is 2.93. The Labute approximate surface area is 175 Å². The van der Waals surface area contributed by atoms with Crippen molar-refractivity contribution in [3.8, 4) is 17.2 Å². The third-order valence-electron chi connectivity index (χ3n) is 3.41. The molecule has 148 valence electrons. The van der Waals surface area contributed by atoms with E-state index < -0.39 is 12.6 Å². The quantitative estimate of drug-likeness (QED) is 0.313. The zero-order valence-electron chi connectivity index (χ0n) is 15.3. The third kappa shape index (κ3) is 6.12. The number of ether oxygens (including phenoxy) is 3. The van der Waals surface area contributed by atoms with Crippen molar-refractivity contribution < 1.29 is 28.9 Å². The van der Waals surface area contributed by atoms with Crippen molar-refractivity contribution in [1.29, 1.82) is 0 Å². The van der Waals surface area contributed by atoms with E-state index in [0.29, 0.717) is 35.0 Å². The van der Waals surface area contributed by atoms with Crippen LogP contribution in [0, 0.1) is 3.57 Å². The number of carbonyl (C=O) groups excluding carboxylic acids is 1. The van der Waals surface area contributed by atoms with Gasteiger partial charge in [-0.05, 0) is 71.5 Å². The van der Waals surface area contributed by atoms with Crippen LogP contribution in [0.3, 0.4) is 0 Å². The number of benzene rings is 2. The summed E-state index contributed by atoms with van der Waals surface area (Å²) in [6.07, 6.45) is 1.45. The van der Waals surface area contributed by atoms with Gasteiger partial charge in [-0.25, -0.2) is 10.2 Å². The van der Waals surface area contributed by atoms with Gasteiger partial charge in [-0.15, -0.1) is 0 Å². The third-order valence-corrected chi connectivity index (χ3v) is 4.30. The first kappa shape index (κ1) is 21.5. The van der Waals surface area contributed by atoms with E-state index in [1.54, 1.807) is 43.3 Å². The Kier molecular flexibility index (Phi) is 8.05. The predicted molar refractivity (Wildman–Crippen MR) is 112 cm³/mol. The number of amides is 1. The number of methoxy groups -OCH3 is 1. The molecule has 0 bridgehead atoms. The number of hydrogen-bond acceptors (Lipinski definition) is 6. The van der Waals surface area contributed by atoms with Crippen LogP contribution in [-0.2, 0) is 4.79 Å². The Balaban J connectivity index is 2.07. The Morgan fingerprint density at radius 2 is 1.93 bits per heavy atom. The number of carboxylic acid groups (broad SMARTS) is 1.